The normalized spacial score (nSPS) is 19.0. The molecule has 28 heavy (non-hydrogen) atoms. The maximum atomic E-state index is 13.7. The predicted octanol–water partition coefficient (Wildman–Crippen LogP) is 2.37. The highest BCUT2D eigenvalue weighted by molar-refractivity contribution is 5.67. The number of pyridine rings is 1. The van der Waals surface area contributed by atoms with Crippen LogP contribution in [0.2, 0.25) is 0 Å². The van der Waals surface area contributed by atoms with Crippen molar-refractivity contribution in [2.45, 2.75) is 19.0 Å². The van der Waals surface area contributed by atoms with Gasteiger partial charge in [-0.15, -0.1) is 5.10 Å². The van der Waals surface area contributed by atoms with Crippen LogP contribution in [0.5, 0.6) is 0 Å². The number of fused-ring (bicyclic) bond motifs is 1. The minimum atomic E-state index is -3.28. The number of aromatic nitrogens is 3. The largest absolute Gasteiger partial charge is 0.381 e. The lowest BCUT2D eigenvalue weighted by Crippen LogP contribution is -2.47. The minimum Gasteiger partial charge on any atom is -0.381 e. The molecule has 11 heteroatoms. The van der Waals surface area contributed by atoms with Crippen molar-refractivity contribution < 1.29 is 27.8 Å². The van der Waals surface area contributed by atoms with Gasteiger partial charge in [-0.3, -0.25) is 0 Å². The molecule has 2 aliphatic rings. The van der Waals surface area contributed by atoms with E-state index in [9.17, 15) is 13.3 Å². The highest BCUT2D eigenvalue weighted by Crippen LogP contribution is 2.35. The second kappa shape index (κ2) is 7.86. The molecule has 0 spiro atoms. The van der Waals surface area contributed by atoms with Crippen molar-refractivity contribution in [2.75, 3.05) is 42.9 Å². The van der Waals surface area contributed by atoms with E-state index in [0.717, 1.165) is 5.06 Å². The van der Waals surface area contributed by atoms with Crippen molar-refractivity contribution in [1.29, 1.82) is 0 Å². The molecule has 0 bridgehead atoms. The molecular weight excluding hydrogens is 379 g/mol. The second-order valence-electron chi connectivity index (χ2n) is 6.39. The van der Waals surface area contributed by atoms with Gasteiger partial charge in [0.1, 0.15) is 12.4 Å². The van der Waals surface area contributed by atoms with Crippen LogP contribution in [0.25, 0.3) is 0 Å². The summed E-state index contributed by atoms with van der Waals surface area (Å²) >= 11 is 0. The standard InChI is InChI=1S/C17H18F3N5O3/c18-17(19)11-24(6-9-27-17)16-10-14(12-3-7-26-8-4-13(12)22-16)25(28-20)15-2-1-5-21-23-15/h1-2,5,10H,3-4,6-9,11H2. The third-order valence-electron chi connectivity index (χ3n) is 4.58. The molecule has 4 rings (SSSR count). The zero-order valence-corrected chi connectivity index (χ0v) is 14.9. The van der Waals surface area contributed by atoms with E-state index >= 15 is 0 Å². The Bertz CT molecular complexity index is 827. The van der Waals surface area contributed by atoms with Crippen molar-refractivity contribution in [1.82, 2.24) is 15.2 Å². The number of halogens is 3. The quantitative estimate of drug-likeness (QED) is 0.729. The maximum Gasteiger partial charge on any atom is 0.373 e. The molecule has 2 aliphatic heterocycles. The average Bonchev–Trinajstić information content (AvgIpc) is 2.94. The number of hydrogen-bond donors (Lipinski definition) is 0. The topological polar surface area (TPSA) is 72.8 Å². The van der Waals surface area contributed by atoms with Crippen molar-refractivity contribution >= 4 is 17.3 Å². The van der Waals surface area contributed by atoms with E-state index in [2.05, 4.69) is 25.0 Å². The van der Waals surface area contributed by atoms with Gasteiger partial charge in [0.15, 0.2) is 5.82 Å². The molecule has 150 valence electrons. The second-order valence-corrected chi connectivity index (χ2v) is 6.39. The summed E-state index contributed by atoms with van der Waals surface area (Å²) in [4.78, 5) is 5.96. The van der Waals surface area contributed by atoms with Crippen LogP contribution in [0, 0.1) is 0 Å². The number of ether oxygens (including phenoxy) is 2. The molecule has 1 fully saturated rings. The zero-order valence-electron chi connectivity index (χ0n) is 14.9. The lowest BCUT2D eigenvalue weighted by Gasteiger charge is -2.34. The molecular formula is C17H18F3N5O3. The van der Waals surface area contributed by atoms with E-state index in [1.807, 2.05) is 0 Å². The summed E-state index contributed by atoms with van der Waals surface area (Å²) < 4.78 is 50.9. The summed E-state index contributed by atoms with van der Waals surface area (Å²) in [6.07, 6.45) is -0.895. The number of morpholine rings is 1. The van der Waals surface area contributed by atoms with E-state index in [0.29, 0.717) is 43.0 Å². The molecule has 0 amide bonds. The monoisotopic (exact) mass is 397 g/mol. The van der Waals surface area contributed by atoms with E-state index in [4.69, 9.17) is 4.74 Å². The summed E-state index contributed by atoms with van der Waals surface area (Å²) in [6.45, 7) is 0.314. The first-order valence-corrected chi connectivity index (χ1v) is 8.81. The van der Waals surface area contributed by atoms with E-state index < -0.39 is 12.7 Å². The SMILES string of the molecule is FON(c1cccnn1)c1cc(N2CCOC(F)(F)C2)nc2c1CCOCC2. The van der Waals surface area contributed by atoms with Crippen LogP contribution in [0.1, 0.15) is 11.3 Å². The first kappa shape index (κ1) is 18.8. The molecule has 0 saturated carbocycles. The van der Waals surface area contributed by atoms with Gasteiger partial charge in [0.2, 0.25) is 0 Å². The van der Waals surface area contributed by atoms with Crippen molar-refractivity contribution in [3.8, 4) is 0 Å². The summed E-state index contributed by atoms with van der Waals surface area (Å²) in [5.74, 6) is 0.395. The van der Waals surface area contributed by atoms with Gasteiger partial charge < -0.3 is 14.4 Å². The predicted molar refractivity (Wildman–Crippen MR) is 91.9 cm³/mol. The van der Waals surface area contributed by atoms with Crippen LogP contribution >= 0.6 is 0 Å². The number of hydrogen-bond acceptors (Lipinski definition) is 8. The van der Waals surface area contributed by atoms with Crippen LogP contribution < -0.4 is 9.96 Å². The van der Waals surface area contributed by atoms with Gasteiger partial charge in [-0.1, -0.05) is 5.04 Å². The first-order chi connectivity index (χ1) is 13.6. The molecule has 2 aromatic heterocycles. The number of alkyl halides is 2. The van der Waals surface area contributed by atoms with Gasteiger partial charge in [0.05, 0.1) is 31.2 Å². The van der Waals surface area contributed by atoms with Crippen LogP contribution in [-0.4, -0.2) is 54.2 Å². The van der Waals surface area contributed by atoms with Crippen LogP contribution in [-0.2, 0) is 27.4 Å². The lowest BCUT2D eigenvalue weighted by atomic mass is 10.1. The van der Waals surface area contributed by atoms with Crippen molar-refractivity contribution in [3.63, 3.8) is 0 Å². The Morgan fingerprint density at radius 1 is 1.21 bits per heavy atom. The zero-order chi connectivity index (χ0) is 19.6. The van der Waals surface area contributed by atoms with Crippen molar-refractivity contribution in [3.05, 3.63) is 35.7 Å². The smallest absolute Gasteiger partial charge is 0.373 e. The van der Waals surface area contributed by atoms with Gasteiger partial charge >= 0.3 is 6.11 Å². The summed E-state index contributed by atoms with van der Waals surface area (Å²) in [7, 11) is 0. The fourth-order valence-corrected chi connectivity index (χ4v) is 3.31. The van der Waals surface area contributed by atoms with Crippen LogP contribution in [0.15, 0.2) is 24.4 Å². The van der Waals surface area contributed by atoms with Gasteiger partial charge in [-0.2, -0.15) is 18.9 Å². The molecule has 0 aromatic carbocycles. The average molecular weight is 397 g/mol. The number of rotatable bonds is 4. The molecule has 8 nitrogen and oxygen atoms in total. The highest BCUT2D eigenvalue weighted by atomic mass is 19.3. The molecule has 0 aliphatic carbocycles. The Hall–Kier alpha value is -2.50. The van der Waals surface area contributed by atoms with E-state index in [-0.39, 0.29) is 24.8 Å². The van der Waals surface area contributed by atoms with Crippen LogP contribution in [0.3, 0.4) is 0 Å². The Morgan fingerprint density at radius 2 is 2.07 bits per heavy atom. The van der Waals surface area contributed by atoms with Gasteiger partial charge in [-0.25, -0.2) is 4.98 Å². The molecule has 1 saturated heterocycles. The molecule has 0 radical (unpaired) electrons. The third-order valence-corrected chi connectivity index (χ3v) is 4.58. The van der Waals surface area contributed by atoms with Gasteiger partial charge in [-0.05, 0) is 23.1 Å². The fourth-order valence-electron chi connectivity index (χ4n) is 3.31. The fraction of sp³-hybridized carbons (Fsp3) is 0.471. The van der Waals surface area contributed by atoms with E-state index in [1.54, 1.807) is 6.07 Å². The first-order valence-electron chi connectivity index (χ1n) is 8.81. The molecule has 4 heterocycles. The minimum absolute atomic E-state index is 0.113. The van der Waals surface area contributed by atoms with Gasteiger partial charge in [0, 0.05) is 30.8 Å². The number of anilines is 3. The Balaban J connectivity index is 1.79. The number of nitrogens with zero attached hydrogens (tertiary/aromatic N) is 5. The molecule has 0 atom stereocenters. The van der Waals surface area contributed by atoms with Crippen LogP contribution in [0.4, 0.5) is 30.6 Å². The Kier molecular flexibility index (Phi) is 5.29. The molecule has 0 N–H and O–H groups in total. The maximum absolute atomic E-state index is 13.7. The summed E-state index contributed by atoms with van der Waals surface area (Å²) in [5, 5.41) is 12.6. The van der Waals surface area contributed by atoms with Crippen molar-refractivity contribution in [2.24, 2.45) is 0 Å². The Morgan fingerprint density at radius 3 is 2.82 bits per heavy atom. The highest BCUT2D eigenvalue weighted by Gasteiger charge is 2.38. The third kappa shape index (κ3) is 3.86. The van der Waals surface area contributed by atoms with Gasteiger partial charge in [0.25, 0.3) is 0 Å². The lowest BCUT2D eigenvalue weighted by molar-refractivity contribution is -0.240. The summed E-state index contributed by atoms with van der Waals surface area (Å²) in [6, 6.07) is 4.62. The summed E-state index contributed by atoms with van der Waals surface area (Å²) in [5.41, 5.74) is 1.68. The van der Waals surface area contributed by atoms with E-state index in [1.165, 1.54) is 23.2 Å². The molecule has 2 aromatic rings. The Labute approximate surface area is 158 Å². The molecule has 0 unspecified atom stereocenters.